The Hall–Kier alpha value is -3.16. The number of halogens is 3. The summed E-state index contributed by atoms with van der Waals surface area (Å²) in [7, 11) is 0. The maximum Gasteiger partial charge on any atom is 0.416 e. The van der Waals surface area contributed by atoms with Gasteiger partial charge in [0.2, 0.25) is 11.3 Å². The van der Waals surface area contributed by atoms with Crippen molar-refractivity contribution in [3.63, 3.8) is 0 Å². The lowest BCUT2D eigenvalue weighted by Crippen LogP contribution is -2.22. The van der Waals surface area contributed by atoms with Gasteiger partial charge in [0.05, 0.1) is 17.3 Å². The van der Waals surface area contributed by atoms with Gasteiger partial charge in [-0.15, -0.1) is 0 Å². The molecule has 0 bridgehead atoms. The molecule has 25 heavy (non-hydrogen) atoms. The molecule has 0 aliphatic carbocycles. The van der Waals surface area contributed by atoms with Crippen LogP contribution in [0.4, 0.5) is 18.9 Å². The Morgan fingerprint density at radius 2 is 1.76 bits per heavy atom. The first kappa shape index (κ1) is 16.7. The van der Waals surface area contributed by atoms with Crippen molar-refractivity contribution in [2.45, 2.75) is 12.7 Å². The fraction of sp³-hybridized carbons (Fsp3) is 0.118. The number of nitrogens with one attached hydrogen (secondary N) is 1. The highest BCUT2D eigenvalue weighted by Crippen LogP contribution is 2.29. The molecular weight excluding hydrogens is 335 g/mol. The summed E-state index contributed by atoms with van der Waals surface area (Å²) in [6, 6.07) is 10.9. The molecule has 0 unspecified atom stereocenters. The third-order valence-corrected chi connectivity index (χ3v) is 3.55. The Morgan fingerprint density at radius 1 is 1.08 bits per heavy atom. The van der Waals surface area contributed by atoms with Crippen LogP contribution in [0.25, 0.3) is 10.9 Å². The van der Waals surface area contributed by atoms with Gasteiger partial charge in [-0.25, -0.2) is 0 Å². The van der Waals surface area contributed by atoms with Gasteiger partial charge in [-0.3, -0.25) is 14.3 Å². The van der Waals surface area contributed by atoms with Crippen molar-refractivity contribution in [2.24, 2.45) is 0 Å². The number of fused-ring (bicyclic) bond motifs is 1. The van der Waals surface area contributed by atoms with Crippen LogP contribution < -0.4 is 10.7 Å². The molecule has 1 heterocycles. The number of alkyl halides is 3. The van der Waals surface area contributed by atoms with Crippen molar-refractivity contribution in [1.82, 2.24) is 9.78 Å². The van der Waals surface area contributed by atoms with Crippen molar-refractivity contribution in [3.05, 3.63) is 70.5 Å². The van der Waals surface area contributed by atoms with E-state index in [1.807, 2.05) is 0 Å². The fourth-order valence-corrected chi connectivity index (χ4v) is 2.37. The zero-order valence-corrected chi connectivity index (χ0v) is 12.7. The Bertz CT molecular complexity index is 979. The summed E-state index contributed by atoms with van der Waals surface area (Å²) in [6.45, 7) is -0.179. The molecule has 0 radical (unpaired) electrons. The second kappa shape index (κ2) is 6.39. The molecule has 0 saturated carbocycles. The molecule has 8 heteroatoms. The second-order valence-corrected chi connectivity index (χ2v) is 5.31. The van der Waals surface area contributed by atoms with Gasteiger partial charge in [-0.05, 0) is 36.4 Å². The van der Waals surface area contributed by atoms with Crippen LogP contribution in [0.5, 0.6) is 0 Å². The number of amides is 1. The maximum atomic E-state index is 12.5. The number of aromatic nitrogens is 2. The topological polar surface area (TPSA) is 64.0 Å². The number of benzene rings is 2. The third-order valence-electron chi connectivity index (χ3n) is 3.55. The van der Waals surface area contributed by atoms with Crippen LogP contribution in [0.2, 0.25) is 0 Å². The molecule has 1 N–H and O–H groups in total. The van der Waals surface area contributed by atoms with Crippen molar-refractivity contribution in [1.29, 1.82) is 0 Å². The normalized spacial score (nSPS) is 11.5. The van der Waals surface area contributed by atoms with E-state index in [-0.39, 0.29) is 17.7 Å². The van der Waals surface area contributed by atoms with Gasteiger partial charge in [-0.1, -0.05) is 12.1 Å². The molecule has 0 aliphatic heterocycles. The standard InChI is InChI=1S/C17H12F3N3O2/c18-17(19,20)11-5-7-12(8-6-11)22-16(25)10-23-14-4-2-1-3-13(14)15(24)9-21-23/h1-9H,10H2,(H,22,25). The molecule has 3 rings (SSSR count). The van der Waals surface area contributed by atoms with E-state index in [0.717, 1.165) is 18.3 Å². The number of rotatable bonds is 3. The minimum absolute atomic E-state index is 0.179. The summed E-state index contributed by atoms with van der Waals surface area (Å²) in [4.78, 5) is 23.9. The number of hydrogen-bond donors (Lipinski definition) is 1. The maximum absolute atomic E-state index is 12.5. The van der Waals surface area contributed by atoms with E-state index in [1.54, 1.807) is 24.3 Å². The van der Waals surface area contributed by atoms with E-state index in [4.69, 9.17) is 0 Å². The van der Waals surface area contributed by atoms with Crippen LogP contribution in [0.1, 0.15) is 5.56 Å². The number of nitrogens with zero attached hydrogens (tertiary/aromatic N) is 2. The molecule has 0 fully saturated rings. The van der Waals surface area contributed by atoms with Crippen LogP contribution in [0.15, 0.2) is 59.5 Å². The lowest BCUT2D eigenvalue weighted by Gasteiger charge is -2.11. The van der Waals surface area contributed by atoms with Gasteiger partial charge >= 0.3 is 6.18 Å². The summed E-state index contributed by atoms with van der Waals surface area (Å²) < 4.78 is 38.9. The Kier molecular flexibility index (Phi) is 4.26. The van der Waals surface area contributed by atoms with Gasteiger partial charge in [-0.2, -0.15) is 18.3 Å². The smallest absolute Gasteiger partial charge is 0.324 e. The highest BCUT2D eigenvalue weighted by molar-refractivity contribution is 5.91. The summed E-state index contributed by atoms with van der Waals surface area (Å²) in [5.74, 6) is -0.471. The molecule has 0 saturated heterocycles. The van der Waals surface area contributed by atoms with Crippen molar-refractivity contribution >= 4 is 22.5 Å². The average molecular weight is 347 g/mol. The quantitative estimate of drug-likeness (QED) is 0.792. The number of carbonyl (C=O) groups is 1. The van der Waals surface area contributed by atoms with Crippen molar-refractivity contribution in [3.8, 4) is 0 Å². The first-order valence-corrected chi connectivity index (χ1v) is 7.26. The average Bonchev–Trinajstić information content (AvgIpc) is 2.57. The van der Waals surface area contributed by atoms with E-state index in [9.17, 15) is 22.8 Å². The van der Waals surface area contributed by atoms with Crippen LogP contribution >= 0.6 is 0 Å². The largest absolute Gasteiger partial charge is 0.416 e. The Balaban J connectivity index is 1.77. The fourth-order valence-electron chi connectivity index (χ4n) is 2.37. The minimum atomic E-state index is -4.43. The highest BCUT2D eigenvalue weighted by atomic mass is 19.4. The predicted molar refractivity (Wildman–Crippen MR) is 86.1 cm³/mol. The van der Waals surface area contributed by atoms with Crippen molar-refractivity contribution < 1.29 is 18.0 Å². The molecule has 1 aromatic heterocycles. The zero-order valence-electron chi connectivity index (χ0n) is 12.7. The first-order valence-electron chi connectivity index (χ1n) is 7.26. The number of anilines is 1. The summed E-state index contributed by atoms with van der Waals surface area (Å²) >= 11 is 0. The lowest BCUT2D eigenvalue weighted by molar-refractivity contribution is -0.137. The number of carbonyl (C=O) groups excluding carboxylic acids is 1. The molecule has 2 aromatic carbocycles. The number of hydrogen-bond acceptors (Lipinski definition) is 3. The van der Waals surface area contributed by atoms with Crippen LogP contribution in [0, 0.1) is 0 Å². The highest BCUT2D eigenvalue weighted by Gasteiger charge is 2.29. The van der Waals surface area contributed by atoms with E-state index in [0.29, 0.717) is 10.9 Å². The van der Waals surface area contributed by atoms with E-state index >= 15 is 0 Å². The van der Waals surface area contributed by atoms with Crippen LogP contribution in [-0.4, -0.2) is 15.7 Å². The Morgan fingerprint density at radius 3 is 2.44 bits per heavy atom. The zero-order chi connectivity index (χ0) is 18.0. The molecule has 3 aromatic rings. The monoisotopic (exact) mass is 347 g/mol. The van der Waals surface area contributed by atoms with E-state index < -0.39 is 17.6 Å². The van der Waals surface area contributed by atoms with Crippen LogP contribution in [-0.2, 0) is 17.5 Å². The molecule has 128 valence electrons. The van der Waals surface area contributed by atoms with Crippen molar-refractivity contribution in [2.75, 3.05) is 5.32 Å². The molecule has 0 aliphatic rings. The van der Waals surface area contributed by atoms with Gasteiger partial charge in [0, 0.05) is 11.1 Å². The first-order chi connectivity index (χ1) is 11.8. The molecular formula is C17H12F3N3O2. The molecule has 0 atom stereocenters. The van der Waals surface area contributed by atoms with Gasteiger partial charge in [0.1, 0.15) is 6.54 Å². The molecule has 0 spiro atoms. The number of para-hydroxylation sites is 1. The third kappa shape index (κ3) is 3.68. The Labute approximate surface area is 139 Å². The van der Waals surface area contributed by atoms with Gasteiger partial charge in [0.25, 0.3) is 0 Å². The summed E-state index contributed by atoms with van der Waals surface area (Å²) in [6.07, 6.45) is -3.31. The second-order valence-electron chi connectivity index (χ2n) is 5.31. The lowest BCUT2D eigenvalue weighted by atomic mass is 10.2. The predicted octanol–water partition coefficient (Wildman–Crippen LogP) is 3.05. The van der Waals surface area contributed by atoms with Gasteiger partial charge in [0.15, 0.2) is 0 Å². The minimum Gasteiger partial charge on any atom is -0.324 e. The summed E-state index contributed by atoms with van der Waals surface area (Å²) in [5, 5.41) is 6.86. The summed E-state index contributed by atoms with van der Waals surface area (Å²) in [5.41, 5.74) is -0.311. The molecule has 1 amide bonds. The van der Waals surface area contributed by atoms with Gasteiger partial charge < -0.3 is 5.32 Å². The van der Waals surface area contributed by atoms with Crippen LogP contribution in [0.3, 0.4) is 0 Å². The SMILES string of the molecule is O=C(Cn1ncc(=O)c2ccccc21)Nc1ccc(C(F)(F)F)cc1. The van der Waals surface area contributed by atoms with E-state index in [2.05, 4.69) is 10.4 Å². The molecule has 5 nitrogen and oxygen atoms in total. The van der Waals surface area contributed by atoms with E-state index in [1.165, 1.54) is 16.8 Å².